The first-order chi connectivity index (χ1) is 14.1. The number of hydrogen-bond acceptors (Lipinski definition) is 7. The lowest BCUT2D eigenvalue weighted by Crippen LogP contribution is -2.45. The van der Waals surface area contributed by atoms with Crippen LogP contribution in [0.1, 0.15) is 29.8 Å². The van der Waals surface area contributed by atoms with Crippen LogP contribution in [-0.2, 0) is 16.1 Å². The molecule has 0 radical (unpaired) electrons. The average Bonchev–Trinajstić information content (AvgIpc) is 2.70. The van der Waals surface area contributed by atoms with Gasteiger partial charge >= 0.3 is 5.97 Å². The van der Waals surface area contributed by atoms with E-state index >= 15 is 0 Å². The first kappa shape index (κ1) is 22.8. The summed E-state index contributed by atoms with van der Waals surface area (Å²) in [6, 6.07) is 8.05. The molecule has 0 aliphatic carbocycles. The van der Waals surface area contributed by atoms with Crippen LogP contribution in [0.2, 0.25) is 5.02 Å². The molecule has 158 valence electrons. The number of amides is 1. The number of nitrogens with one attached hydrogen (secondary N) is 1. The van der Waals surface area contributed by atoms with Crippen molar-refractivity contribution in [2.75, 3.05) is 0 Å². The normalized spacial score (nSPS) is 11.6. The summed E-state index contributed by atoms with van der Waals surface area (Å²) < 4.78 is 5.22. The minimum atomic E-state index is -1.01. The molecule has 0 fully saturated rings. The van der Waals surface area contributed by atoms with Gasteiger partial charge in [-0.1, -0.05) is 25.4 Å². The Balaban J connectivity index is 2.06. The Morgan fingerprint density at radius 1 is 1.07 bits per heavy atom. The van der Waals surface area contributed by atoms with Crippen molar-refractivity contribution in [3.63, 3.8) is 0 Å². The molecule has 11 heteroatoms. The van der Waals surface area contributed by atoms with Crippen molar-refractivity contribution in [2.45, 2.75) is 26.5 Å². The first-order valence-electron chi connectivity index (χ1n) is 8.75. The standard InChI is InChI=1S/C19H18ClN3O7/c1-11(2)17(19(25)30-10-12-3-6-14(7-4-12)22(26)27)21-18(24)13-5-8-15(20)16(9-13)23(28)29/h3-9,11,17H,10H2,1-2H3,(H,21,24)/t17-/m1/s1. The predicted molar refractivity (Wildman–Crippen MR) is 107 cm³/mol. The molecular formula is C19H18ClN3O7. The van der Waals surface area contributed by atoms with Gasteiger partial charge < -0.3 is 10.1 Å². The van der Waals surface area contributed by atoms with E-state index in [1.165, 1.54) is 36.4 Å². The first-order valence-corrected chi connectivity index (χ1v) is 9.12. The lowest BCUT2D eigenvalue weighted by atomic mass is 10.0. The van der Waals surface area contributed by atoms with Gasteiger partial charge in [0.2, 0.25) is 0 Å². The highest BCUT2D eigenvalue weighted by Crippen LogP contribution is 2.25. The number of ether oxygens (including phenoxy) is 1. The van der Waals surface area contributed by atoms with E-state index < -0.39 is 33.5 Å². The molecule has 0 spiro atoms. The van der Waals surface area contributed by atoms with Crippen molar-refractivity contribution in [1.29, 1.82) is 0 Å². The van der Waals surface area contributed by atoms with Crippen LogP contribution in [-0.4, -0.2) is 27.8 Å². The van der Waals surface area contributed by atoms with E-state index in [-0.39, 0.29) is 28.8 Å². The van der Waals surface area contributed by atoms with Gasteiger partial charge in [0.15, 0.2) is 0 Å². The molecule has 0 bridgehead atoms. The molecule has 0 unspecified atom stereocenters. The number of carbonyl (C=O) groups excluding carboxylic acids is 2. The smallest absolute Gasteiger partial charge is 0.329 e. The van der Waals surface area contributed by atoms with E-state index in [1.807, 2.05) is 0 Å². The molecule has 1 atom stereocenters. The zero-order valence-corrected chi connectivity index (χ0v) is 16.8. The number of carbonyl (C=O) groups is 2. The molecule has 0 heterocycles. The molecule has 2 rings (SSSR count). The van der Waals surface area contributed by atoms with Gasteiger partial charge in [0.05, 0.1) is 9.85 Å². The number of non-ortho nitro benzene ring substituents is 1. The third-order valence-corrected chi connectivity index (χ3v) is 4.46. The topological polar surface area (TPSA) is 142 Å². The van der Waals surface area contributed by atoms with Gasteiger partial charge in [-0.05, 0) is 35.7 Å². The lowest BCUT2D eigenvalue weighted by molar-refractivity contribution is -0.385. The van der Waals surface area contributed by atoms with Gasteiger partial charge in [-0.3, -0.25) is 25.0 Å². The summed E-state index contributed by atoms with van der Waals surface area (Å²) in [4.78, 5) is 45.3. The van der Waals surface area contributed by atoms with Crippen molar-refractivity contribution in [1.82, 2.24) is 5.32 Å². The molecule has 2 aromatic carbocycles. The van der Waals surface area contributed by atoms with Crippen LogP contribution in [0, 0.1) is 26.1 Å². The minimum Gasteiger partial charge on any atom is -0.459 e. The summed E-state index contributed by atoms with van der Waals surface area (Å²) in [5.74, 6) is -1.73. The molecule has 0 saturated carbocycles. The van der Waals surface area contributed by atoms with Gasteiger partial charge in [0.1, 0.15) is 17.7 Å². The zero-order valence-electron chi connectivity index (χ0n) is 16.0. The molecule has 1 N–H and O–H groups in total. The van der Waals surface area contributed by atoms with Crippen molar-refractivity contribution in [3.05, 3.63) is 78.8 Å². The van der Waals surface area contributed by atoms with Crippen LogP contribution in [0.3, 0.4) is 0 Å². The molecule has 30 heavy (non-hydrogen) atoms. The van der Waals surface area contributed by atoms with E-state index in [9.17, 15) is 29.8 Å². The molecular weight excluding hydrogens is 418 g/mol. The maximum Gasteiger partial charge on any atom is 0.329 e. The largest absolute Gasteiger partial charge is 0.459 e. The van der Waals surface area contributed by atoms with E-state index in [0.717, 1.165) is 6.07 Å². The van der Waals surface area contributed by atoms with Gasteiger partial charge in [-0.15, -0.1) is 0 Å². The molecule has 2 aromatic rings. The maximum absolute atomic E-state index is 12.5. The van der Waals surface area contributed by atoms with Crippen molar-refractivity contribution < 1.29 is 24.2 Å². The molecule has 1 amide bonds. The molecule has 10 nitrogen and oxygen atoms in total. The Bertz CT molecular complexity index is 977. The fourth-order valence-corrected chi connectivity index (χ4v) is 2.66. The van der Waals surface area contributed by atoms with Crippen molar-refractivity contribution in [3.8, 4) is 0 Å². The van der Waals surface area contributed by atoms with E-state index in [4.69, 9.17) is 16.3 Å². The van der Waals surface area contributed by atoms with Gasteiger partial charge in [-0.2, -0.15) is 0 Å². The van der Waals surface area contributed by atoms with Crippen molar-refractivity contribution >= 4 is 34.9 Å². The van der Waals surface area contributed by atoms with Gasteiger partial charge in [0.25, 0.3) is 17.3 Å². The number of nitro benzene ring substituents is 2. The highest BCUT2D eigenvalue weighted by atomic mass is 35.5. The third kappa shape index (κ3) is 5.74. The lowest BCUT2D eigenvalue weighted by Gasteiger charge is -2.21. The number of halogens is 1. The van der Waals surface area contributed by atoms with Crippen LogP contribution < -0.4 is 5.32 Å². The van der Waals surface area contributed by atoms with Crippen LogP contribution in [0.15, 0.2) is 42.5 Å². The summed E-state index contributed by atoms with van der Waals surface area (Å²) >= 11 is 5.74. The summed E-state index contributed by atoms with van der Waals surface area (Å²) in [7, 11) is 0. The maximum atomic E-state index is 12.5. The minimum absolute atomic E-state index is 0.0279. The van der Waals surface area contributed by atoms with Crippen LogP contribution >= 0.6 is 11.6 Å². The Labute approximate surface area is 176 Å². The molecule has 0 aliphatic heterocycles. The van der Waals surface area contributed by atoms with Gasteiger partial charge in [-0.25, -0.2) is 4.79 Å². The van der Waals surface area contributed by atoms with Crippen LogP contribution in [0.4, 0.5) is 11.4 Å². The number of nitro groups is 2. The highest BCUT2D eigenvalue weighted by Gasteiger charge is 2.27. The SMILES string of the molecule is CC(C)[C@@H](NC(=O)c1ccc(Cl)c([N+](=O)[O-])c1)C(=O)OCc1ccc([N+](=O)[O-])cc1. The van der Waals surface area contributed by atoms with Crippen molar-refractivity contribution in [2.24, 2.45) is 5.92 Å². The molecule has 0 aromatic heterocycles. The Hall–Kier alpha value is -3.53. The zero-order chi connectivity index (χ0) is 22.4. The highest BCUT2D eigenvalue weighted by molar-refractivity contribution is 6.32. The fraction of sp³-hybridized carbons (Fsp3) is 0.263. The Kier molecular flexibility index (Phi) is 7.43. The quantitative estimate of drug-likeness (QED) is 0.378. The van der Waals surface area contributed by atoms with E-state index in [0.29, 0.717) is 5.56 Å². The van der Waals surface area contributed by atoms with Gasteiger partial charge in [0, 0.05) is 23.8 Å². The summed E-state index contributed by atoms with van der Waals surface area (Å²) in [5, 5.41) is 24.1. The molecule has 0 aliphatic rings. The van der Waals surface area contributed by atoms with E-state index in [1.54, 1.807) is 13.8 Å². The van der Waals surface area contributed by atoms with Crippen LogP contribution in [0.25, 0.3) is 0 Å². The Morgan fingerprint density at radius 2 is 1.70 bits per heavy atom. The second-order valence-electron chi connectivity index (χ2n) is 6.65. The molecule has 0 saturated heterocycles. The third-order valence-electron chi connectivity index (χ3n) is 4.14. The summed E-state index contributed by atoms with van der Waals surface area (Å²) in [5.41, 5.74) is -0.00311. The monoisotopic (exact) mass is 435 g/mol. The number of nitrogens with zero attached hydrogens (tertiary/aromatic N) is 2. The number of rotatable bonds is 8. The fourth-order valence-electron chi connectivity index (χ4n) is 2.47. The van der Waals surface area contributed by atoms with Crippen LogP contribution in [0.5, 0.6) is 0 Å². The summed E-state index contributed by atoms with van der Waals surface area (Å²) in [6.07, 6.45) is 0. The second-order valence-corrected chi connectivity index (χ2v) is 7.06. The number of benzene rings is 2. The second kappa shape index (κ2) is 9.79. The number of hydrogen-bond donors (Lipinski definition) is 1. The average molecular weight is 436 g/mol. The summed E-state index contributed by atoms with van der Waals surface area (Å²) in [6.45, 7) is 3.26. The Morgan fingerprint density at radius 3 is 2.23 bits per heavy atom. The predicted octanol–water partition coefficient (Wildman–Crippen LogP) is 3.65. The van der Waals surface area contributed by atoms with E-state index in [2.05, 4.69) is 5.32 Å². The number of esters is 1.